The Morgan fingerprint density at radius 2 is 1.62 bits per heavy atom. The van der Waals surface area contributed by atoms with Crippen molar-refractivity contribution in [3.8, 4) is 11.1 Å². The molecule has 3 N–H and O–H groups in total. The van der Waals surface area contributed by atoms with Crippen molar-refractivity contribution in [1.29, 1.82) is 0 Å². The van der Waals surface area contributed by atoms with Gasteiger partial charge in [-0.25, -0.2) is 14.0 Å². The van der Waals surface area contributed by atoms with Crippen molar-refractivity contribution < 1.29 is 28.6 Å². The molecule has 1 atom stereocenters. The minimum atomic E-state index is -1.18. The van der Waals surface area contributed by atoms with Crippen LogP contribution in [0.1, 0.15) is 40.7 Å². The molecule has 0 saturated carbocycles. The SMILES string of the molecule is CC[C@H](NC(=O)c1ccc(NC(=O)OCC2c3ccccc3-c3ccccc32)c(F)c1)C(=O)O. The van der Waals surface area contributed by atoms with Crippen LogP contribution in [0, 0.1) is 5.82 Å². The number of carbonyl (C=O) groups excluding carboxylic acids is 2. The maximum Gasteiger partial charge on any atom is 0.411 e. The number of benzene rings is 3. The van der Waals surface area contributed by atoms with Crippen LogP contribution in [0.15, 0.2) is 66.7 Å². The van der Waals surface area contributed by atoms with Gasteiger partial charge in [0.05, 0.1) is 5.69 Å². The molecule has 34 heavy (non-hydrogen) atoms. The molecule has 0 aliphatic heterocycles. The third-order valence-electron chi connectivity index (χ3n) is 5.82. The summed E-state index contributed by atoms with van der Waals surface area (Å²) < 4.78 is 19.9. The summed E-state index contributed by atoms with van der Waals surface area (Å²) in [6, 6.07) is 18.2. The van der Waals surface area contributed by atoms with Gasteiger partial charge in [-0.3, -0.25) is 10.1 Å². The van der Waals surface area contributed by atoms with Crippen LogP contribution < -0.4 is 10.6 Å². The predicted molar refractivity (Wildman–Crippen MR) is 124 cm³/mol. The molecule has 3 aromatic carbocycles. The van der Waals surface area contributed by atoms with Gasteiger partial charge in [-0.15, -0.1) is 0 Å². The van der Waals surface area contributed by atoms with E-state index in [1.807, 2.05) is 48.5 Å². The fraction of sp³-hybridized carbons (Fsp3) is 0.192. The van der Waals surface area contributed by atoms with Crippen LogP contribution in [0.2, 0.25) is 0 Å². The number of carbonyl (C=O) groups is 3. The quantitative estimate of drug-likeness (QED) is 0.469. The first kappa shape index (κ1) is 23.0. The van der Waals surface area contributed by atoms with Crippen molar-refractivity contribution in [2.45, 2.75) is 25.3 Å². The Balaban J connectivity index is 1.40. The van der Waals surface area contributed by atoms with Crippen LogP contribution in [0.4, 0.5) is 14.9 Å². The number of ether oxygens (including phenoxy) is 1. The van der Waals surface area contributed by atoms with Crippen molar-refractivity contribution in [1.82, 2.24) is 5.32 Å². The molecule has 0 heterocycles. The monoisotopic (exact) mass is 462 g/mol. The number of carboxylic acid groups (broad SMARTS) is 1. The number of fused-ring (bicyclic) bond motifs is 3. The Morgan fingerprint density at radius 3 is 2.18 bits per heavy atom. The molecule has 1 aliphatic rings. The number of nitrogens with one attached hydrogen (secondary N) is 2. The van der Waals surface area contributed by atoms with E-state index in [1.54, 1.807) is 6.92 Å². The summed E-state index contributed by atoms with van der Waals surface area (Å²) in [5.41, 5.74) is 4.10. The fourth-order valence-electron chi connectivity index (χ4n) is 4.08. The molecule has 0 unspecified atom stereocenters. The van der Waals surface area contributed by atoms with Gasteiger partial charge in [0.25, 0.3) is 5.91 Å². The van der Waals surface area contributed by atoms with E-state index in [4.69, 9.17) is 9.84 Å². The number of halogens is 1. The van der Waals surface area contributed by atoms with E-state index in [1.165, 1.54) is 12.1 Å². The van der Waals surface area contributed by atoms with Gasteiger partial charge in [-0.2, -0.15) is 0 Å². The average Bonchev–Trinajstić information content (AvgIpc) is 3.16. The average molecular weight is 462 g/mol. The lowest BCUT2D eigenvalue weighted by Gasteiger charge is -2.15. The Kier molecular flexibility index (Phi) is 6.58. The first-order chi connectivity index (χ1) is 16.4. The fourth-order valence-corrected chi connectivity index (χ4v) is 4.08. The topological polar surface area (TPSA) is 105 Å². The number of rotatable bonds is 7. The highest BCUT2D eigenvalue weighted by molar-refractivity contribution is 5.97. The maximum absolute atomic E-state index is 14.5. The standard InChI is InChI=1S/C26H23FN2O5/c1-2-22(25(31)32)28-24(30)15-11-12-23(21(27)13-15)29-26(33)34-14-20-18-9-5-3-7-16(18)17-8-4-6-10-19(17)20/h3-13,20,22H,2,14H2,1H3,(H,28,30)(H,29,33)(H,31,32)/t22-/m0/s1. The van der Waals surface area contributed by atoms with E-state index in [0.717, 1.165) is 28.3 Å². The second-order valence-corrected chi connectivity index (χ2v) is 7.92. The molecule has 0 radical (unpaired) electrons. The van der Waals surface area contributed by atoms with E-state index in [-0.39, 0.29) is 30.2 Å². The lowest BCUT2D eigenvalue weighted by Crippen LogP contribution is -2.40. The molecule has 0 fully saturated rings. The summed E-state index contributed by atoms with van der Waals surface area (Å²) in [4.78, 5) is 35.7. The van der Waals surface area contributed by atoms with Gasteiger partial charge in [-0.05, 0) is 46.9 Å². The number of anilines is 1. The zero-order valence-electron chi connectivity index (χ0n) is 18.4. The summed E-state index contributed by atoms with van der Waals surface area (Å²) in [5, 5.41) is 13.7. The zero-order chi connectivity index (χ0) is 24.2. The maximum atomic E-state index is 14.5. The largest absolute Gasteiger partial charge is 0.480 e. The molecule has 2 amide bonds. The van der Waals surface area contributed by atoms with Crippen molar-refractivity contribution in [2.75, 3.05) is 11.9 Å². The number of aliphatic carboxylic acids is 1. The number of carboxylic acids is 1. The van der Waals surface area contributed by atoms with E-state index in [2.05, 4.69) is 10.6 Å². The van der Waals surface area contributed by atoms with E-state index in [9.17, 15) is 18.8 Å². The third kappa shape index (κ3) is 4.61. The minimum Gasteiger partial charge on any atom is -0.480 e. The summed E-state index contributed by atoms with van der Waals surface area (Å²) in [6.45, 7) is 1.69. The molecule has 174 valence electrons. The molecule has 0 aromatic heterocycles. The molecule has 0 spiro atoms. The molecule has 4 rings (SSSR count). The smallest absolute Gasteiger partial charge is 0.411 e. The molecule has 1 aliphatic carbocycles. The van der Waals surface area contributed by atoms with Crippen LogP contribution in [0.25, 0.3) is 11.1 Å². The Hall–Kier alpha value is -4.20. The predicted octanol–water partition coefficient (Wildman–Crippen LogP) is 4.78. The number of hydrogen-bond donors (Lipinski definition) is 3. The highest BCUT2D eigenvalue weighted by atomic mass is 19.1. The second kappa shape index (κ2) is 9.74. The summed E-state index contributed by atoms with van der Waals surface area (Å²) >= 11 is 0. The van der Waals surface area contributed by atoms with Crippen molar-refractivity contribution in [3.05, 3.63) is 89.2 Å². The normalized spacial score (nSPS) is 12.9. The van der Waals surface area contributed by atoms with Crippen LogP contribution in [0.3, 0.4) is 0 Å². The van der Waals surface area contributed by atoms with E-state index in [0.29, 0.717) is 0 Å². The second-order valence-electron chi connectivity index (χ2n) is 7.92. The van der Waals surface area contributed by atoms with Crippen molar-refractivity contribution in [3.63, 3.8) is 0 Å². The highest BCUT2D eigenvalue weighted by Crippen LogP contribution is 2.44. The first-order valence-electron chi connectivity index (χ1n) is 10.8. The van der Waals surface area contributed by atoms with Crippen LogP contribution in [-0.2, 0) is 9.53 Å². The Morgan fingerprint density at radius 1 is 1.00 bits per heavy atom. The Labute approximate surface area is 195 Å². The molecular weight excluding hydrogens is 439 g/mol. The van der Waals surface area contributed by atoms with Gasteiger partial charge in [0.15, 0.2) is 0 Å². The van der Waals surface area contributed by atoms with Crippen molar-refractivity contribution in [2.24, 2.45) is 0 Å². The minimum absolute atomic E-state index is 0.0599. The van der Waals surface area contributed by atoms with Gasteiger partial charge < -0.3 is 15.2 Å². The van der Waals surface area contributed by atoms with Gasteiger partial charge in [-0.1, -0.05) is 55.5 Å². The lowest BCUT2D eigenvalue weighted by molar-refractivity contribution is -0.139. The molecule has 8 heteroatoms. The highest BCUT2D eigenvalue weighted by Gasteiger charge is 2.29. The summed E-state index contributed by atoms with van der Waals surface area (Å²) in [5.74, 6) is -2.87. The molecule has 0 bridgehead atoms. The summed E-state index contributed by atoms with van der Waals surface area (Å²) in [7, 11) is 0. The molecule has 3 aromatic rings. The zero-order valence-corrected chi connectivity index (χ0v) is 18.4. The number of amides is 2. The van der Waals surface area contributed by atoms with Crippen LogP contribution in [-0.4, -0.2) is 35.7 Å². The van der Waals surface area contributed by atoms with Crippen LogP contribution in [0.5, 0.6) is 0 Å². The van der Waals surface area contributed by atoms with Gasteiger partial charge in [0.2, 0.25) is 0 Å². The lowest BCUT2D eigenvalue weighted by atomic mass is 9.98. The third-order valence-corrected chi connectivity index (χ3v) is 5.82. The summed E-state index contributed by atoms with van der Waals surface area (Å²) in [6.07, 6.45) is -0.639. The van der Waals surface area contributed by atoms with Crippen molar-refractivity contribution >= 4 is 23.7 Å². The van der Waals surface area contributed by atoms with Gasteiger partial charge in [0, 0.05) is 11.5 Å². The van der Waals surface area contributed by atoms with Gasteiger partial charge in [0.1, 0.15) is 18.5 Å². The van der Waals surface area contributed by atoms with E-state index >= 15 is 0 Å². The first-order valence-corrected chi connectivity index (χ1v) is 10.8. The molecule has 0 saturated heterocycles. The van der Waals surface area contributed by atoms with E-state index < -0.39 is 29.8 Å². The number of hydrogen-bond acceptors (Lipinski definition) is 4. The molecule has 7 nitrogen and oxygen atoms in total. The van der Waals surface area contributed by atoms with Gasteiger partial charge >= 0.3 is 12.1 Å². The van der Waals surface area contributed by atoms with Crippen LogP contribution >= 0.6 is 0 Å². The Bertz CT molecular complexity index is 1210. The molecular formula is C26H23FN2O5.